The van der Waals surface area contributed by atoms with Crippen molar-refractivity contribution in [2.45, 2.75) is 18.4 Å². The van der Waals surface area contributed by atoms with E-state index in [9.17, 15) is 13.2 Å². The van der Waals surface area contributed by atoms with E-state index in [4.69, 9.17) is 0 Å². The Balaban J connectivity index is 1.51. The van der Waals surface area contributed by atoms with Gasteiger partial charge < -0.3 is 5.32 Å². The summed E-state index contributed by atoms with van der Waals surface area (Å²) < 4.78 is 23.9. The van der Waals surface area contributed by atoms with E-state index in [0.717, 1.165) is 28.6 Å². The number of carbonyl (C=O) groups is 1. The van der Waals surface area contributed by atoms with Crippen LogP contribution in [0.4, 0.5) is 0 Å². The van der Waals surface area contributed by atoms with Crippen LogP contribution in [0, 0.1) is 6.92 Å². The maximum atomic E-state index is 12.6. The van der Waals surface area contributed by atoms with Crippen molar-refractivity contribution in [2.24, 2.45) is 0 Å². The van der Waals surface area contributed by atoms with Gasteiger partial charge in [-0.1, -0.05) is 24.3 Å². The van der Waals surface area contributed by atoms with E-state index in [1.165, 1.54) is 6.07 Å². The van der Waals surface area contributed by atoms with E-state index in [-0.39, 0.29) is 22.9 Å². The molecule has 7 nitrogen and oxygen atoms in total. The van der Waals surface area contributed by atoms with Gasteiger partial charge in [-0.15, -0.1) is 0 Å². The summed E-state index contributed by atoms with van der Waals surface area (Å²) in [4.78, 5) is 25.6. The summed E-state index contributed by atoms with van der Waals surface area (Å²) in [7, 11) is -3.42. The van der Waals surface area contributed by atoms with Crippen LogP contribution in [0.2, 0.25) is 0 Å². The van der Waals surface area contributed by atoms with Crippen LogP contribution in [0.15, 0.2) is 84.3 Å². The normalized spacial score (nSPS) is 11.2. The van der Waals surface area contributed by atoms with Gasteiger partial charge in [-0.2, -0.15) is 0 Å². The summed E-state index contributed by atoms with van der Waals surface area (Å²) in [5, 5.41) is 2.81. The Labute approximate surface area is 192 Å². The molecule has 4 aromatic rings. The number of sulfone groups is 1. The highest BCUT2D eigenvalue weighted by Crippen LogP contribution is 2.25. The molecule has 2 aromatic heterocycles. The Morgan fingerprint density at radius 2 is 1.70 bits per heavy atom. The maximum absolute atomic E-state index is 12.6. The Bertz CT molecular complexity index is 1420. The Morgan fingerprint density at radius 3 is 2.45 bits per heavy atom. The zero-order valence-electron chi connectivity index (χ0n) is 18.2. The van der Waals surface area contributed by atoms with Crippen molar-refractivity contribution in [2.75, 3.05) is 6.26 Å². The minimum Gasteiger partial charge on any atom is -0.346 e. The summed E-state index contributed by atoms with van der Waals surface area (Å²) in [6.45, 7) is 1.91. The van der Waals surface area contributed by atoms with Crippen molar-refractivity contribution in [3.05, 3.63) is 96.2 Å². The predicted octanol–water partition coefficient (Wildman–Crippen LogP) is 3.85. The molecular formula is C25H22N4O3S. The van der Waals surface area contributed by atoms with Gasteiger partial charge in [-0.05, 0) is 53.9 Å². The molecule has 0 bridgehead atoms. The zero-order chi connectivity index (χ0) is 23.4. The fourth-order valence-electron chi connectivity index (χ4n) is 3.47. The lowest BCUT2D eigenvalue weighted by molar-refractivity contribution is 0.0950. The van der Waals surface area contributed by atoms with Crippen molar-refractivity contribution < 1.29 is 13.2 Å². The van der Waals surface area contributed by atoms with Crippen LogP contribution in [0.25, 0.3) is 22.4 Å². The summed E-state index contributed by atoms with van der Waals surface area (Å²) in [6.07, 6.45) is 7.83. The van der Waals surface area contributed by atoms with E-state index < -0.39 is 9.84 Å². The number of rotatable bonds is 6. The second kappa shape index (κ2) is 9.30. The first-order chi connectivity index (χ1) is 15.8. The average molecular weight is 459 g/mol. The summed E-state index contributed by atoms with van der Waals surface area (Å²) in [5.74, 6) is -0.364. The van der Waals surface area contributed by atoms with Crippen molar-refractivity contribution in [3.8, 4) is 22.4 Å². The molecule has 0 radical (unpaired) electrons. The third kappa shape index (κ3) is 5.30. The molecule has 4 rings (SSSR count). The molecule has 166 valence electrons. The first-order valence-electron chi connectivity index (χ1n) is 10.2. The SMILES string of the molecule is Cc1ccc(C(=O)NCc2cc(-c3cccc(-c4cnccn4)c3)ccn2)cc1S(C)(=O)=O. The highest BCUT2D eigenvalue weighted by Gasteiger charge is 2.15. The molecule has 33 heavy (non-hydrogen) atoms. The minimum absolute atomic E-state index is 0.151. The molecule has 0 aliphatic carbocycles. The molecular weight excluding hydrogens is 436 g/mol. The van der Waals surface area contributed by atoms with Gasteiger partial charge in [-0.3, -0.25) is 19.7 Å². The van der Waals surface area contributed by atoms with Crippen LogP contribution < -0.4 is 5.32 Å². The number of nitrogens with one attached hydrogen (secondary N) is 1. The third-order valence-corrected chi connectivity index (χ3v) is 6.39. The van der Waals surface area contributed by atoms with Gasteiger partial charge in [-0.25, -0.2) is 8.42 Å². The van der Waals surface area contributed by atoms with Gasteiger partial charge in [0.05, 0.1) is 29.0 Å². The first kappa shape index (κ1) is 22.3. The molecule has 0 unspecified atom stereocenters. The fraction of sp³-hybridized carbons (Fsp3) is 0.120. The van der Waals surface area contributed by atoms with Crippen molar-refractivity contribution in [1.29, 1.82) is 0 Å². The number of aromatic nitrogens is 3. The van der Waals surface area contributed by atoms with Crippen molar-refractivity contribution in [3.63, 3.8) is 0 Å². The number of aryl methyl sites for hydroxylation is 1. The quantitative estimate of drug-likeness (QED) is 0.471. The molecule has 0 saturated heterocycles. The summed E-state index contributed by atoms with van der Waals surface area (Å²) in [6, 6.07) is 16.4. The van der Waals surface area contributed by atoms with Crippen LogP contribution in [-0.2, 0) is 16.4 Å². The Hall–Kier alpha value is -3.91. The molecule has 8 heteroatoms. The highest BCUT2D eigenvalue weighted by atomic mass is 32.2. The molecule has 2 aromatic carbocycles. The van der Waals surface area contributed by atoms with Gasteiger partial charge in [0, 0.05) is 36.0 Å². The van der Waals surface area contributed by atoms with Crippen molar-refractivity contribution in [1.82, 2.24) is 20.3 Å². The molecule has 0 aliphatic heterocycles. The molecule has 2 heterocycles. The number of nitrogens with zero attached hydrogens (tertiary/aromatic N) is 3. The third-order valence-electron chi connectivity index (χ3n) is 5.15. The number of amides is 1. The van der Waals surface area contributed by atoms with Gasteiger partial charge >= 0.3 is 0 Å². The van der Waals surface area contributed by atoms with Crippen molar-refractivity contribution >= 4 is 15.7 Å². The number of benzene rings is 2. The van der Waals surface area contributed by atoms with Crippen LogP contribution in [0.3, 0.4) is 0 Å². The van der Waals surface area contributed by atoms with Crippen LogP contribution >= 0.6 is 0 Å². The first-order valence-corrected chi connectivity index (χ1v) is 12.1. The summed E-state index contributed by atoms with van der Waals surface area (Å²) >= 11 is 0. The number of hydrogen-bond acceptors (Lipinski definition) is 6. The number of hydrogen-bond donors (Lipinski definition) is 1. The predicted molar refractivity (Wildman–Crippen MR) is 126 cm³/mol. The van der Waals surface area contributed by atoms with E-state index in [1.54, 1.807) is 43.8 Å². The lowest BCUT2D eigenvalue weighted by Crippen LogP contribution is -2.23. The highest BCUT2D eigenvalue weighted by molar-refractivity contribution is 7.90. The second-order valence-electron chi connectivity index (χ2n) is 7.64. The van der Waals surface area contributed by atoms with E-state index in [2.05, 4.69) is 20.3 Å². The van der Waals surface area contributed by atoms with Crippen LogP contribution in [-0.4, -0.2) is 35.5 Å². The van der Waals surface area contributed by atoms with Crippen LogP contribution in [0.5, 0.6) is 0 Å². The van der Waals surface area contributed by atoms with Gasteiger partial charge in [0.15, 0.2) is 9.84 Å². The largest absolute Gasteiger partial charge is 0.346 e. The topological polar surface area (TPSA) is 102 Å². The second-order valence-corrected chi connectivity index (χ2v) is 9.63. The molecule has 1 N–H and O–H groups in total. The van der Waals surface area contributed by atoms with Crippen LogP contribution in [0.1, 0.15) is 21.6 Å². The van der Waals surface area contributed by atoms with Gasteiger partial charge in [0.1, 0.15) is 0 Å². The fourth-order valence-corrected chi connectivity index (χ4v) is 4.47. The molecule has 0 atom stereocenters. The lowest BCUT2D eigenvalue weighted by Gasteiger charge is -2.10. The number of carbonyl (C=O) groups excluding carboxylic acids is 1. The molecule has 1 amide bonds. The molecule has 0 spiro atoms. The van der Waals surface area contributed by atoms with E-state index in [0.29, 0.717) is 11.3 Å². The molecule has 0 saturated carbocycles. The Morgan fingerprint density at radius 1 is 0.909 bits per heavy atom. The summed E-state index contributed by atoms with van der Waals surface area (Å²) in [5.41, 5.74) is 5.25. The minimum atomic E-state index is -3.42. The number of pyridine rings is 1. The average Bonchev–Trinajstić information content (AvgIpc) is 2.83. The molecule has 0 fully saturated rings. The van der Waals surface area contributed by atoms with E-state index in [1.807, 2.05) is 36.4 Å². The van der Waals surface area contributed by atoms with Gasteiger partial charge in [0.2, 0.25) is 0 Å². The van der Waals surface area contributed by atoms with E-state index >= 15 is 0 Å². The smallest absolute Gasteiger partial charge is 0.251 e. The maximum Gasteiger partial charge on any atom is 0.251 e. The zero-order valence-corrected chi connectivity index (χ0v) is 19.0. The molecule has 0 aliphatic rings. The lowest BCUT2D eigenvalue weighted by atomic mass is 10.0. The standard InChI is InChI=1S/C25H22N4O3S/c1-17-6-7-21(14-24(17)33(2,31)32)25(30)29-15-22-13-19(8-9-27-22)18-4-3-5-20(12-18)23-16-26-10-11-28-23/h3-14,16H,15H2,1-2H3,(H,29,30). The Kier molecular flexibility index (Phi) is 6.28. The monoisotopic (exact) mass is 458 g/mol. The van der Waals surface area contributed by atoms with Gasteiger partial charge in [0.25, 0.3) is 5.91 Å².